The number of nitrogens with one attached hydrogen (secondary N) is 1. The number of carbonyl (C=O) groups excluding carboxylic acids is 1. The Morgan fingerprint density at radius 3 is 2.60 bits per heavy atom. The molecule has 2 aromatic rings. The maximum atomic E-state index is 11.9. The predicted molar refractivity (Wildman–Crippen MR) is 79.4 cm³/mol. The van der Waals surface area contributed by atoms with Crippen molar-refractivity contribution >= 4 is 28.9 Å². The summed E-state index contributed by atoms with van der Waals surface area (Å²) in [5, 5.41) is 13.5. The molecule has 1 aromatic carbocycles. The Morgan fingerprint density at radius 2 is 1.95 bits per heavy atom. The highest BCUT2D eigenvalue weighted by atomic mass is 32.1. The van der Waals surface area contributed by atoms with E-state index >= 15 is 0 Å². The van der Waals surface area contributed by atoms with Crippen LogP contribution in [0.5, 0.6) is 0 Å². The largest absolute Gasteiger partial charge is 0.477 e. The lowest BCUT2D eigenvalue weighted by molar-refractivity contribution is -0.116. The molecule has 0 aliphatic carbocycles. The van der Waals surface area contributed by atoms with Gasteiger partial charge >= 0.3 is 5.97 Å². The van der Waals surface area contributed by atoms with Crippen molar-refractivity contribution in [1.82, 2.24) is 0 Å². The van der Waals surface area contributed by atoms with Crippen molar-refractivity contribution in [3.8, 4) is 0 Å². The highest BCUT2D eigenvalue weighted by Gasteiger charge is 2.17. The Balaban J connectivity index is 1.98. The lowest BCUT2D eigenvalue weighted by Crippen LogP contribution is -2.14. The Kier molecular flexibility index (Phi) is 4.53. The molecule has 4 nitrogen and oxygen atoms in total. The van der Waals surface area contributed by atoms with Gasteiger partial charge in [-0.15, -0.1) is 11.3 Å². The highest BCUT2D eigenvalue weighted by molar-refractivity contribution is 7.12. The number of carbonyl (C=O) groups is 2. The summed E-state index contributed by atoms with van der Waals surface area (Å²) in [5.74, 6) is -1.18. The van der Waals surface area contributed by atoms with Gasteiger partial charge in [0.2, 0.25) is 5.91 Å². The molecule has 2 N–H and O–H groups in total. The van der Waals surface area contributed by atoms with Crippen LogP contribution in [-0.4, -0.2) is 17.0 Å². The third kappa shape index (κ3) is 3.45. The molecule has 0 saturated heterocycles. The Morgan fingerprint density at radius 1 is 1.25 bits per heavy atom. The number of anilines is 1. The molecule has 1 heterocycles. The zero-order valence-electron chi connectivity index (χ0n) is 11.1. The average molecular weight is 289 g/mol. The van der Waals surface area contributed by atoms with Gasteiger partial charge in [0.05, 0.1) is 5.69 Å². The van der Waals surface area contributed by atoms with Gasteiger partial charge in [0.25, 0.3) is 0 Å². The van der Waals surface area contributed by atoms with E-state index in [1.165, 1.54) is 0 Å². The first kappa shape index (κ1) is 14.3. The van der Waals surface area contributed by atoms with E-state index in [2.05, 4.69) is 5.32 Å². The maximum absolute atomic E-state index is 11.9. The number of amides is 1. The fourth-order valence-corrected chi connectivity index (χ4v) is 2.70. The zero-order valence-corrected chi connectivity index (χ0v) is 11.9. The molecule has 0 radical (unpaired) electrons. The number of benzene rings is 1. The van der Waals surface area contributed by atoms with Gasteiger partial charge in [-0.25, -0.2) is 4.79 Å². The number of hydrogen-bond acceptors (Lipinski definition) is 3. The molecular formula is C15H15NO3S. The first-order valence-corrected chi connectivity index (χ1v) is 7.11. The number of carboxylic acids is 1. The Hall–Kier alpha value is -2.14. The van der Waals surface area contributed by atoms with Gasteiger partial charge in [-0.2, -0.15) is 0 Å². The minimum absolute atomic E-state index is 0.169. The first-order valence-electron chi connectivity index (χ1n) is 6.23. The van der Waals surface area contributed by atoms with E-state index in [9.17, 15) is 9.59 Å². The van der Waals surface area contributed by atoms with Crippen LogP contribution in [0, 0.1) is 6.92 Å². The zero-order chi connectivity index (χ0) is 14.5. The summed E-state index contributed by atoms with van der Waals surface area (Å²) in [5.41, 5.74) is 2.28. The van der Waals surface area contributed by atoms with E-state index in [-0.39, 0.29) is 10.8 Å². The number of carboxylic acid groups (broad SMARTS) is 1. The molecule has 0 spiro atoms. The molecule has 0 saturated carbocycles. The topological polar surface area (TPSA) is 66.4 Å². The van der Waals surface area contributed by atoms with Crippen molar-refractivity contribution in [3.63, 3.8) is 0 Å². The second-order valence-corrected chi connectivity index (χ2v) is 5.34. The summed E-state index contributed by atoms with van der Waals surface area (Å²) in [4.78, 5) is 23.1. The minimum Gasteiger partial charge on any atom is -0.477 e. The summed E-state index contributed by atoms with van der Waals surface area (Å²) in [6.45, 7) is 1.79. The van der Waals surface area contributed by atoms with Crippen molar-refractivity contribution in [1.29, 1.82) is 0 Å². The highest BCUT2D eigenvalue weighted by Crippen LogP contribution is 2.27. The fourth-order valence-electron chi connectivity index (χ4n) is 1.86. The van der Waals surface area contributed by atoms with Crippen LogP contribution in [0.15, 0.2) is 35.7 Å². The average Bonchev–Trinajstić information content (AvgIpc) is 2.79. The van der Waals surface area contributed by atoms with Gasteiger partial charge in [-0.3, -0.25) is 4.79 Å². The van der Waals surface area contributed by atoms with Gasteiger partial charge in [0.1, 0.15) is 4.88 Å². The molecule has 20 heavy (non-hydrogen) atoms. The van der Waals surface area contributed by atoms with Crippen molar-refractivity contribution in [2.75, 3.05) is 5.32 Å². The van der Waals surface area contributed by atoms with Crippen LogP contribution >= 0.6 is 11.3 Å². The number of hydrogen-bond donors (Lipinski definition) is 2. The molecule has 2 rings (SSSR count). The number of aromatic carboxylic acids is 1. The number of aryl methyl sites for hydroxylation is 2. The van der Waals surface area contributed by atoms with Gasteiger partial charge in [0, 0.05) is 6.42 Å². The van der Waals surface area contributed by atoms with Crippen LogP contribution in [-0.2, 0) is 11.2 Å². The van der Waals surface area contributed by atoms with Crippen LogP contribution in [0.2, 0.25) is 0 Å². The molecule has 0 atom stereocenters. The van der Waals surface area contributed by atoms with Gasteiger partial charge in [0.15, 0.2) is 0 Å². The standard InChI is InChI=1S/C15H15NO3S/c1-10-9-20-14(15(18)19)13(10)16-12(17)8-7-11-5-3-2-4-6-11/h2-6,9H,7-8H2,1H3,(H,16,17)(H,18,19). The molecule has 0 aliphatic heterocycles. The smallest absolute Gasteiger partial charge is 0.348 e. The molecule has 1 aromatic heterocycles. The lowest BCUT2D eigenvalue weighted by Gasteiger charge is -2.06. The minimum atomic E-state index is -1.01. The van der Waals surface area contributed by atoms with Crippen LogP contribution in [0.3, 0.4) is 0 Å². The quantitative estimate of drug-likeness (QED) is 0.887. The first-order chi connectivity index (χ1) is 9.58. The summed E-state index contributed by atoms with van der Waals surface area (Å²) >= 11 is 1.13. The summed E-state index contributed by atoms with van der Waals surface area (Å²) < 4.78 is 0. The van der Waals surface area contributed by atoms with E-state index in [0.717, 1.165) is 22.5 Å². The van der Waals surface area contributed by atoms with Crippen LogP contribution in [0.1, 0.15) is 27.2 Å². The Labute approximate surface area is 121 Å². The lowest BCUT2D eigenvalue weighted by atomic mass is 10.1. The molecular weight excluding hydrogens is 274 g/mol. The molecule has 5 heteroatoms. The van der Waals surface area contributed by atoms with E-state index in [1.54, 1.807) is 12.3 Å². The molecule has 0 fully saturated rings. The van der Waals surface area contributed by atoms with Crippen LogP contribution < -0.4 is 5.32 Å². The number of rotatable bonds is 5. The molecule has 1 amide bonds. The summed E-state index contributed by atoms with van der Waals surface area (Å²) in [6, 6.07) is 9.71. The summed E-state index contributed by atoms with van der Waals surface area (Å²) in [6.07, 6.45) is 0.969. The van der Waals surface area contributed by atoms with Crippen molar-refractivity contribution < 1.29 is 14.7 Å². The molecule has 104 valence electrons. The predicted octanol–water partition coefficient (Wildman–Crippen LogP) is 3.33. The monoisotopic (exact) mass is 289 g/mol. The molecule has 0 unspecified atom stereocenters. The number of thiophene rings is 1. The van der Waals surface area contributed by atoms with Crippen molar-refractivity contribution in [2.24, 2.45) is 0 Å². The normalized spacial score (nSPS) is 10.2. The van der Waals surface area contributed by atoms with Gasteiger partial charge in [-0.1, -0.05) is 30.3 Å². The fraction of sp³-hybridized carbons (Fsp3) is 0.200. The third-order valence-electron chi connectivity index (χ3n) is 2.92. The SMILES string of the molecule is Cc1csc(C(=O)O)c1NC(=O)CCc1ccccc1. The third-order valence-corrected chi connectivity index (χ3v) is 4.00. The van der Waals surface area contributed by atoms with Crippen molar-refractivity contribution in [2.45, 2.75) is 19.8 Å². The van der Waals surface area contributed by atoms with Crippen LogP contribution in [0.4, 0.5) is 5.69 Å². The van der Waals surface area contributed by atoms with E-state index in [4.69, 9.17) is 5.11 Å². The second kappa shape index (κ2) is 6.34. The van der Waals surface area contributed by atoms with E-state index in [0.29, 0.717) is 18.5 Å². The second-order valence-electron chi connectivity index (χ2n) is 4.46. The van der Waals surface area contributed by atoms with Crippen molar-refractivity contribution in [3.05, 3.63) is 51.7 Å². The Bertz CT molecular complexity index is 619. The molecule has 0 bridgehead atoms. The van der Waals surface area contributed by atoms with Gasteiger partial charge < -0.3 is 10.4 Å². The maximum Gasteiger partial charge on any atom is 0.348 e. The summed E-state index contributed by atoms with van der Waals surface area (Å²) in [7, 11) is 0. The molecule has 0 aliphatic rings. The van der Waals surface area contributed by atoms with Crippen LogP contribution in [0.25, 0.3) is 0 Å². The van der Waals surface area contributed by atoms with E-state index in [1.807, 2.05) is 30.3 Å². The van der Waals surface area contributed by atoms with E-state index < -0.39 is 5.97 Å². The van der Waals surface area contributed by atoms with Gasteiger partial charge in [-0.05, 0) is 29.9 Å².